The smallest absolute Gasteiger partial charge is 0.235 e. The first kappa shape index (κ1) is 15.3. The van der Waals surface area contributed by atoms with Gasteiger partial charge >= 0.3 is 0 Å². The third kappa shape index (κ3) is 4.15. The van der Waals surface area contributed by atoms with Crippen molar-refractivity contribution in [2.45, 2.75) is 20.0 Å². The summed E-state index contributed by atoms with van der Waals surface area (Å²) in [6, 6.07) is 3.26. The summed E-state index contributed by atoms with van der Waals surface area (Å²) in [5, 5.41) is 9.77. The lowest BCUT2D eigenvalue weighted by Crippen LogP contribution is -2.25. The van der Waals surface area contributed by atoms with E-state index in [4.69, 9.17) is 4.74 Å². The summed E-state index contributed by atoms with van der Waals surface area (Å²) in [5.74, 6) is -0.302. The number of hydrogen-bond acceptors (Lipinski definition) is 4. The van der Waals surface area contributed by atoms with E-state index in [-0.39, 0.29) is 17.2 Å². The average molecular weight is 338 g/mol. The van der Waals surface area contributed by atoms with E-state index in [1.807, 2.05) is 0 Å². The summed E-state index contributed by atoms with van der Waals surface area (Å²) in [5.41, 5.74) is 0.988. The minimum absolute atomic E-state index is 0.130. The predicted octanol–water partition coefficient (Wildman–Crippen LogP) is 2.24. The number of halogens is 1. The second kappa shape index (κ2) is 5.90. The number of benzene rings is 1. The largest absolute Gasteiger partial charge is 0.505 e. The van der Waals surface area contributed by atoms with E-state index in [9.17, 15) is 13.5 Å². The fourth-order valence-corrected chi connectivity index (χ4v) is 3.30. The number of rotatable bonds is 5. The van der Waals surface area contributed by atoms with Gasteiger partial charge in [-0.25, -0.2) is 8.42 Å². The molecule has 0 saturated heterocycles. The third-order valence-corrected chi connectivity index (χ3v) is 4.37. The van der Waals surface area contributed by atoms with Crippen LogP contribution in [0.15, 0.2) is 16.6 Å². The first-order chi connectivity index (χ1) is 8.25. The Hall–Kier alpha value is -0.790. The molecule has 0 fully saturated rings. The molecule has 0 radical (unpaired) electrons. The summed E-state index contributed by atoms with van der Waals surface area (Å²) in [6.45, 7) is 3.46. The number of nitrogens with one attached hydrogen (secondary N) is 1. The maximum atomic E-state index is 11.8. The van der Waals surface area contributed by atoms with Crippen molar-refractivity contribution in [1.29, 1.82) is 0 Å². The normalized spacial score (nSPS) is 13.3. The van der Waals surface area contributed by atoms with Gasteiger partial charge in [-0.15, -0.1) is 0 Å². The maximum Gasteiger partial charge on any atom is 0.235 e. The summed E-state index contributed by atoms with van der Waals surface area (Å²) >= 11 is 3.16. The molecular weight excluding hydrogens is 322 g/mol. The number of aryl methyl sites for hydroxylation is 1. The van der Waals surface area contributed by atoms with Crippen LogP contribution in [0, 0.1) is 6.92 Å². The van der Waals surface area contributed by atoms with Crippen LogP contribution >= 0.6 is 15.9 Å². The van der Waals surface area contributed by atoms with Crippen LogP contribution in [0.5, 0.6) is 5.75 Å². The van der Waals surface area contributed by atoms with Gasteiger partial charge in [0.05, 0.1) is 22.0 Å². The Bertz CT molecular complexity index is 530. The van der Waals surface area contributed by atoms with Crippen LogP contribution in [0.3, 0.4) is 0 Å². The van der Waals surface area contributed by atoms with Gasteiger partial charge in [0.15, 0.2) is 5.75 Å². The monoisotopic (exact) mass is 337 g/mol. The number of methoxy groups -OCH3 is 1. The zero-order valence-electron chi connectivity index (χ0n) is 10.4. The van der Waals surface area contributed by atoms with Crippen LogP contribution < -0.4 is 4.72 Å². The molecule has 0 aliphatic heterocycles. The van der Waals surface area contributed by atoms with Gasteiger partial charge in [-0.2, -0.15) is 0 Å². The van der Waals surface area contributed by atoms with E-state index >= 15 is 0 Å². The number of anilines is 1. The van der Waals surface area contributed by atoms with Crippen LogP contribution in [-0.2, 0) is 14.8 Å². The fraction of sp³-hybridized carbons (Fsp3) is 0.455. The molecule has 1 atom stereocenters. The van der Waals surface area contributed by atoms with Crippen molar-refractivity contribution < 1.29 is 18.3 Å². The fourth-order valence-electron chi connectivity index (χ4n) is 1.40. The number of ether oxygens (including phenoxy) is 1. The second-order valence-electron chi connectivity index (χ2n) is 4.07. The van der Waals surface area contributed by atoms with Crippen molar-refractivity contribution in [3.8, 4) is 5.75 Å². The van der Waals surface area contributed by atoms with Crippen molar-refractivity contribution in [3.63, 3.8) is 0 Å². The van der Waals surface area contributed by atoms with Crippen LogP contribution in [0.1, 0.15) is 12.5 Å². The molecule has 0 bridgehead atoms. The Labute approximate surface area is 115 Å². The summed E-state index contributed by atoms with van der Waals surface area (Å²) in [7, 11) is -2.11. The summed E-state index contributed by atoms with van der Waals surface area (Å²) in [4.78, 5) is 0. The van der Waals surface area contributed by atoms with Gasteiger partial charge in [0, 0.05) is 7.11 Å². The van der Waals surface area contributed by atoms with Gasteiger partial charge in [0.25, 0.3) is 0 Å². The van der Waals surface area contributed by atoms with Crippen LogP contribution in [0.2, 0.25) is 0 Å². The minimum Gasteiger partial charge on any atom is -0.505 e. The zero-order chi connectivity index (χ0) is 13.9. The van der Waals surface area contributed by atoms with Crippen molar-refractivity contribution >= 4 is 31.6 Å². The molecule has 0 aliphatic carbocycles. The van der Waals surface area contributed by atoms with Gasteiger partial charge in [0.2, 0.25) is 10.0 Å². The molecule has 7 heteroatoms. The summed E-state index contributed by atoms with van der Waals surface area (Å²) < 4.78 is 31.4. The van der Waals surface area contributed by atoms with Crippen LogP contribution in [-0.4, -0.2) is 32.5 Å². The quantitative estimate of drug-likeness (QED) is 0.808. The molecule has 0 aromatic heterocycles. The Kier molecular flexibility index (Phi) is 5.01. The molecule has 0 amide bonds. The van der Waals surface area contributed by atoms with Gasteiger partial charge in [-0.1, -0.05) is 0 Å². The number of hydrogen-bond donors (Lipinski definition) is 2. The van der Waals surface area contributed by atoms with Crippen molar-refractivity contribution in [1.82, 2.24) is 0 Å². The lowest BCUT2D eigenvalue weighted by molar-refractivity contribution is 0.136. The molecule has 0 aliphatic rings. The van der Waals surface area contributed by atoms with Gasteiger partial charge in [-0.3, -0.25) is 4.72 Å². The van der Waals surface area contributed by atoms with Crippen LogP contribution in [0.25, 0.3) is 0 Å². The molecule has 0 heterocycles. The highest BCUT2D eigenvalue weighted by atomic mass is 79.9. The molecular formula is C11H16BrNO4S. The number of aromatic hydroxyl groups is 1. The van der Waals surface area contributed by atoms with E-state index in [1.54, 1.807) is 26.0 Å². The van der Waals surface area contributed by atoms with E-state index in [0.717, 1.165) is 5.56 Å². The molecule has 1 rings (SSSR count). The SMILES string of the molecule is CO[C@@H](C)CS(=O)(=O)Nc1cc(C)cc(Br)c1O. The molecule has 0 saturated carbocycles. The Balaban J connectivity index is 2.97. The molecule has 2 N–H and O–H groups in total. The van der Waals surface area contributed by atoms with Crippen molar-refractivity contribution in [2.75, 3.05) is 17.6 Å². The number of phenols is 1. The highest BCUT2D eigenvalue weighted by Gasteiger charge is 2.18. The molecule has 0 unspecified atom stereocenters. The standard InChI is InChI=1S/C11H16BrNO4S/c1-7-4-9(12)11(14)10(5-7)13-18(15,16)6-8(2)17-3/h4-5,8,13-14H,6H2,1-3H3/t8-/m0/s1. The molecule has 1 aromatic rings. The first-order valence-electron chi connectivity index (χ1n) is 5.27. The lowest BCUT2D eigenvalue weighted by Gasteiger charge is -2.14. The van der Waals surface area contributed by atoms with Crippen molar-refractivity contribution in [2.24, 2.45) is 0 Å². The van der Waals surface area contributed by atoms with E-state index in [2.05, 4.69) is 20.7 Å². The maximum absolute atomic E-state index is 11.8. The van der Waals surface area contributed by atoms with E-state index < -0.39 is 16.1 Å². The zero-order valence-corrected chi connectivity index (χ0v) is 12.8. The third-order valence-electron chi connectivity index (χ3n) is 2.33. The first-order valence-corrected chi connectivity index (χ1v) is 7.72. The van der Waals surface area contributed by atoms with Crippen molar-refractivity contribution in [3.05, 3.63) is 22.2 Å². The summed E-state index contributed by atoms with van der Waals surface area (Å²) in [6.07, 6.45) is -0.419. The number of sulfonamides is 1. The Morgan fingerprint density at radius 2 is 2.11 bits per heavy atom. The Morgan fingerprint density at radius 1 is 1.50 bits per heavy atom. The average Bonchev–Trinajstić information content (AvgIpc) is 2.23. The minimum atomic E-state index is -3.56. The molecule has 18 heavy (non-hydrogen) atoms. The van der Waals surface area contributed by atoms with E-state index in [0.29, 0.717) is 4.47 Å². The molecule has 1 aromatic carbocycles. The number of phenolic OH excluding ortho intramolecular Hbond substituents is 1. The van der Waals surface area contributed by atoms with Gasteiger partial charge in [-0.05, 0) is 47.5 Å². The van der Waals surface area contributed by atoms with Crippen LogP contribution in [0.4, 0.5) is 5.69 Å². The molecule has 102 valence electrons. The molecule has 5 nitrogen and oxygen atoms in total. The van der Waals surface area contributed by atoms with Gasteiger partial charge < -0.3 is 9.84 Å². The second-order valence-corrected chi connectivity index (χ2v) is 6.69. The lowest BCUT2D eigenvalue weighted by atomic mass is 10.2. The van der Waals surface area contributed by atoms with Gasteiger partial charge in [0.1, 0.15) is 0 Å². The predicted molar refractivity (Wildman–Crippen MR) is 74.4 cm³/mol. The Morgan fingerprint density at radius 3 is 2.67 bits per heavy atom. The highest BCUT2D eigenvalue weighted by Crippen LogP contribution is 2.33. The topological polar surface area (TPSA) is 75.6 Å². The molecule has 0 spiro atoms. The van der Waals surface area contributed by atoms with E-state index in [1.165, 1.54) is 7.11 Å². The highest BCUT2D eigenvalue weighted by molar-refractivity contribution is 9.10.